The Morgan fingerprint density at radius 1 is 0.304 bits per heavy atom. The van der Waals surface area contributed by atoms with Crippen LogP contribution in [0.25, 0.3) is 0 Å². The molecule has 0 rings (SSSR count). The van der Waals surface area contributed by atoms with Gasteiger partial charge in [-0.05, 0) is 122 Å². The lowest BCUT2D eigenvalue weighted by molar-refractivity contribution is -0.167. The van der Waals surface area contributed by atoms with Crippen LogP contribution in [0.1, 0.15) is 239 Å². The van der Waals surface area contributed by atoms with Crippen molar-refractivity contribution in [1.82, 2.24) is 0 Å². The van der Waals surface area contributed by atoms with Crippen LogP contribution in [-0.4, -0.2) is 37.2 Å². The molecule has 0 fully saturated rings. The van der Waals surface area contributed by atoms with Crippen molar-refractivity contribution in [3.8, 4) is 0 Å². The molecule has 69 heavy (non-hydrogen) atoms. The summed E-state index contributed by atoms with van der Waals surface area (Å²) in [7, 11) is 0. The molecule has 0 aromatic rings. The van der Waals surface area contributed by atoms with Crippen LogP contribution in [0, 0.1) is 0 Å². The molecule has 0 aromatic heterocycles. The van der Waals surface area contributed by atoms with Gasteiger partial charge in [-0.3, -0.25) is 14.4 Å². The summed E-state index contributed by atoms with van der Waals surface area (Å²) in [5.74, 6) is -0.989. The van der Waals surface area contributed by atoms with Gasteiger partial charge in [0.2, 0.25) is 0 Å². The second-order valence-corrected chi connectivity index (χ2v) is 18.1. The number of hydrogen-bond acceptors (Lipinski definition) is 6. The topological polar surface area (TPSA) is 78.9 Å². The van der Waals surface area contributed by atoms with E-state index in [2.05, 4.69) is 142 Å². The summed E-state index contributed by atoms with van der Waals surface area (Å²) >= 11 is 0. The fourth-order valence-electron chi connectivity index (χ4n) is 7.29. The summed E-state index contributed by atoms with van der Waals surface area (Å²) in [4.78, 5) is 38.1. The molecule has 390 valence electrons. The van der Waals surface area contributed by atoms with E-state index in [0.29, 0.717) is 19.3 Å². The quantitative estimate of drug-likeness (QED) is 0.0262. The van der Waals surface area contributed by atoms with Gasteiger partial charge >= 0.3 is 17.9 Å². The average Bonchev–Trinajstić information content (AvgIpc) is 3.35. The monoisotopic (exact) mass is 955 g/mol. The number of unbranched alkanes of at least 4 members (excludes halogenated alkanes) is 18. The van der Waals surface area contributed by atoms with Crippen molar-refractivity contribution in [2.24, 2.45) is 0 Å². The fourth-order valence-corrected chi connectivity index (χ4v) is 7.29. The molecule has 0 aliphatic heterocycles. The second-order valence-electron chi connectivity index (χ2n) is 18.1. The van der Waals surface area contributed by atoms with E-state index in [9.17, 15) is 14.4 Å². The van der Waals surface area contributed by atoms with E-state index >= 15 is 0 Å². The first-order valence-corrected chi connectivity index (χ1v) is 28.0. The van der Waals surface area contributed by atoms with Gasteiger partial charge in [-0.15, -0.1) is 0 Å². The minimum absolute atomic E-state index is 0.110. The maximum atomic E-state index is 12.8. The molecule has 0 aliphatic rings. The van der Waals surface area contributed by atoms with Crippen molar-refractivity contribution < 1.29 is 28.6 Å². The van der Waals surface area contributed by atoms with Gasteiger partial charge in [0.15, 0.2) is 6.10 Å². The minimum Gasteiger partial charge on any atom is -0.462 e. The molecule has 0 saturated heterocycles. The van der Waals surface area contributed by atoms with E-state index < -0.39 is 6.10 Å². The van der Waals surface area contributed by atoms with Crippen LogP contribution in [0.2, 0.25) is 0 Å². The Morgan fingerprint density at radius 3 is 0.942 bits per heavy atom. The van der Waals surface area contributed by atoms with Gasteiger partial charge in [0, 0.05) is 19.3 Å². The highest BCUT2D eigenvalue weighted by molar-refractivity contribution is 5.71. The van der Waals surface area contributed by atoms with Crippen LogP contribution >= 0.6 is 0 Å². The zero-order valence-corrected chi connectivity index (χ0v) is 44.5. The van der Waals surface area contributed by atoms with E-state index in [-0.39, 0.29) is 37.5 Å². The first-order valence-electron chi connectivity index (χ1n) is 28.0. The Labute approximate surface area is 424 Å². The summed E-state index contributed by atoms with van der Waals surface area (Å²) in [6, 6.07) is 0. The number of rotatable bonds is 49. The molecular weight excluding hydrogens is 853 g/mol. The number of allylic oxidation sites excluding steroid dienone is 20. The Hall–Kier alpha value is -4.19. The summed E-state index contributed by atoms with van der Waals surface area (Å²) in [5.41, 5.74) is 0. The molecule has 0 radical (unpaired) electrons. The van der Waals surface area contributed by atoms with Crippen LogP contribution in [0.5, 0.6) is 0 Å². The zero-order valence-electron chi connectivity index (χ0n) is 44.5. The van der Waals surface area contributed by atoms with Crippen molar-refractivity contribution in [2.45, 2.75) is 245 Å². The lowest BCUT2D eigenvalue weighted by Gasteiger charge is -2.18. The molecule has 0 spiro atoms. The van der Waals surface area contributed by atoms with E-state index in [0.717, 1.165) is 122 Å². The summed E-state index contributed by atoms with van der Waals surface area (Å²) in [6.07, 6.45) is 77.6. The number of esters is 3. The SMILES string of the molecule is CC/C=C\C/C=C\C/C=C\C/C=C\C/C=C\CCCC(=O)OC(COC(=O)CCCCCCC/C=C\CCCCCC)COC(=O)CCCCCCCCCC/C=C\C/C=C\C/C=C\C/C=C\CC. The van der Waals surface area contributed by atoms with Crippen LogP contribution in [0.15, 0.2) is 122 Å². The molecule has 0 N–H and O–H groups in total. The van der Waals surface area contributed by atoms with Crippen molar-refractivity contribution >= 4 is 17.9 Å². The fraction of sp³-hybridized carbons (Fsp3) is 0.635. The standard InChI is InChI=1S/C63H102O6/c1-4-7-10-13-16-19-22-25-27-29-30-31-32-34-35-38-41-44-47-50-53-56-62(65)68-59-60(58-67-61(64)55-52-49-46-43-40-37-24-21-18-15-12-9-6-3)69-63(66)57-54-51-48-45-42-39-36-33-28-26-23-20-17-14-11-8-5-2/h7-8,10-11,16-17,19-21,24-28,30-31,36,39,45,48,60H,4-6,9,12-15,18,22-23,29,32-35,37-38,40-44,46-47,49-59H2,1-3H3/b10-7-,11-8-,19-16-,20-17-,24-21-,27-25-,28-26-,31-30-,39-36-,48-45-. The van der Waals surface area contributed by atoms with Gasteiger partial charge in [-0.2, -0.15) is 0 Å². The second kappa shape index (κ2) is 56.4. The molecule has 0 bridgehead atoms. The molecular formula is C63H102O6. The molecule has 1 atom stereocenters. The molecule has 0 aliphatic carbocycles. The third-order valence-electron chi connectivity index (χ3n) is 11.4. The molecule has 0 saturated carbocycles. The first-order chi connectivity index (χ1) is 34.0. The minimum atomic E-state index is -0.818. The first kappa shape index (κ1) is 64.8. The number of carbonyl (C=O) groups excluding carboxylic acids is 3. The van der Waals surface area contributed by atoms with Gasteiger partial charge in [0.25, 0.3) is 0 Å². The van der Waals surface area contributed by atoms with Gasteiger partial charge in [0.05, 0.1) is 0 Å². The lowest BCUT2D eigenvalue weighted by Crippen LogP contribution is -2.30. The Morgan fingerprint density at radius 2 is 0.580 bits per heavy atom. The number of ether oxygens (including phenoxy) is 3. The van der Waals surface area contributed by atoms with Crippen LogP contribution in [0.3, 0.4) is 0 Å². The van der Waals surface area contributed by atoms with E-state index in [1.807, 2.05) is 0 Å². The Balaban J connectivity index is 4.48. The molecule has 6 heteroatoms. The van der Waals surface area contributed by atoms with Crippen molar-refractivity contribution in [1.29, 1.82) is 0 Å². The maximum Gasteiger partial charge on any atom is 0.306 e. The Bertz CT molecular complexity index is 1470. The third-order valence-corrected chi connectivity index (χ3v) is 11.4. The van der Waals surface area contributed by atoms with Gasteiger partial charge in [0.1, 0.15) is 13.2 Å². The van der Waals surface area contributed by atoms with Crippen LogP contribution < -0.4 is 0 Å². The van der Waals surface area contributed by atoms with Crippen molar-refractivity contribution in [3.05, 3.63) is 122 Å². The smallest absolute Gasteiger partial charge is 0.306 e. The predicted octanol–water partition coefficient (Wildman–Crippen LogP) is 18.9. The van der Waals surface area contributed by atoms with Crippen molar-refractivity contribution in [3.63, 3.8) is 0 Å². The highest BCUT2D eigenvalue weighted by Gasteiger charge is 2.19. The van der Waals surface area contributed by atoms with E-state index in [1.54, 1.807) is 0 Å². The van der Waals surface area contributed by atoms with Gasteiger partial charge in [-0.1, -0.05) is 219 Å². The van der Waals surface area contributed by atoms with Crippen LogP contribution in [-0.2, 0) is 28.6 Å². The zero-order chi connectivity index (χ0) is 50.0. The summed E-state index contributed by atoms with van der Waals surface area (Å²) < 4.78 is 16.8. The maximum absolute atomic E-state index is 12.8. The normalized spacial score (nSPS) is 13.0. The van der Waals surface area contributed by atoms with Crippen LogP contribution in [0.4, 0.5) is 0 Å². The largest absolute Gasteiger partial charge is 0.462 e. The average molecular weight is 956 g/mol. The predicted molar refractivity (Wildman–Crippen MR) is 297 cm³/mol. The van der Waals surface area contributed by atoms with Gasteiger partial charge in [-0.25, -0.2) is 0 Å². The summed E-state index contributed by atoms with van der Waals surface area (Å²) in [5, 5.41) is 0. The molecule has 0 aromatic carbocycles. The highest BCUT2D eigenvalue weighted by atomic mass is 16.6. The lowest BCUT2D eigenvalue weighted by atomic mass is 10.1. The Kier molecular flexibility index (Phi) is 53.0. The number of carbonyl (C=O) groups is 3. The molecule has 0 amide bonds. The third kappa shape index (κ3) is 54.6. The molecule has 1 unspecified atom stereocenters. The van der Waals surface area contributed by atoms with Gasteiger partial charge < -0.3 is 14.2 Å². The molecule has 6 nitrogen and oxygen atoms in total. The highest BCUT2D eigenvalue weighted by Crippen LogP contribution is 2.13. The number of hydrogen-bond donors (Lipinski definition) is 0. The van der Waals surface area contributed by atoms with Crippen molar-refractivity contribution in [2.75, 3.05) is 13.2 Å². The van der Waals surface area contributed by atoms with E-state index in [4.69, 9.17) is 14.2 Å². The molecule has 0 heterocycles. The summed E-state index contributed by atoms with van der Waals surface area (Å²) in [6.45, 7) is 6.33. The van der Waals surface area contributed by atoms with E-state index in [1.165, 1.54) is 70.6 Å².